The van der Waals surface area contributed by atoms with Crippen LogP contribution in [-0.2, 0) is 16.1 Å². The van der Waals surface area contributed by atoms with Crippen LogP contribution < -0.4 is 0 Å². The molecular weight excluding hydrogens is 388 g/mol. The fourth-order valence-corrected chi connectivity index (χ4v) is 4.51. The first-order chi connectivity index (χ1) is 15.1. The van der Waals surface area contributed by atoms with E-state index < -0.39 is 5.97 Å². The molecule has 162 valence electrons. The number of hydrogen-bond acceptors (Lipinski definition) is 3. The Kier molecular flexibility index (Phi) is 6.82. The molecule has 1 N–H and O–H groups in total. The first-order valence-electron chi connectivity index (χ1n) is 11.1. The summed E-state index contributed by atoms with van der Waals surface area (Å²) in [4.78, 5) is 10.6. The maximum atomic E-state index is 10.6. The van der Waals surface area contributed by atoms with E-state index in [1.54, 1.807) is 0 Å². The molecule has 0 unspecified atom stereocenters. The maximum absolute atomic E-state index is 10.6. The van der Waals surface area contributed by atoms with Crippen molar-refractivity contribution in [1.82, 2.24) is 9.78 Å². The van der Waals surface area contributed by atoms with Gasteiger partial charge in [-0.05, 0) is 50.0 Å². The van der Waals surface area contributed by atoms with Gasteiger partial charge >= 0.3 is 5.97 Å². The van der Waals surface area contributed by atoms with Crippen molar-refractivity contribution >= 4 is 5.97 Å². The van der Waals surface area contributed by atoms with Crippen LogP contribution in [0.1, 0.15) is 31.2 Å². The summed E-state index contributed by atoms with van der Waals surface area (Å²) in [6, 6.07) is 19.0. The van der Waals surface area contributed by atoms with Crippen LogP contribution in [0.5, 0.6) is 0 Å². The normalized spacial score (nSPS) is 18.7. The third kappa shape index (κ3) is 5.61. The molecule has 5 heteroatoms. The topological polar surface area (TPSA) is 64.3 Å². The van der Waals surface area contributed by atoms with E-state index in [9.17, 15) is 4.79 Å². The maximum Gasteiger partial charge on any atom is 0.329 e. The third-order valence-electron chi connectivity index (χ3n) is 6.13. The molecule has 1 aliphatic rings. The highest BCUT2D eigenvalue weighted by Crippen LogP contribution is 2.34. The number of aromatic nitrogens is 2. The van der Waals surface area contributed by atoms with E-state index in [4.69, 9.17) is 14.9 Å². The van der Waals surface area contributed by atoms with E-state index in [-0.39, 0.29) is 6.61 Å². The summed E-state index contributed by atoms with van der Waals surface area (Å²) in [5.41, 5.74) is 5.78. The minimum Gasteiger partial charge on any atom is -0.480 e. The molecule has 4 rings (SSSR count). The average molecular weight is 419 g/mol. The summed E-state index contributed by atoms with van der Waals surface area (Å²) in [5, 5.41) is 13.7. The van der Waals surface area contributed by atoms with Crippen LogP contribution in [-0.4, -0.2) is 34.1 Å². The Morgan fingerprint density at radius 3 is 2.45 bits per heavy atom. The summed E-state index contributed by atoms with van der Waals surface area (Å²) < 4.78 is 7.41. The predicted octanol–water partition coefficient (Wildman–Crippen LogP) is 5.43. The smallest absolute Gasteiger partial charge is 0.329 e. The van der Waals surface area contributed by atoms with Crippen molar-refractivity contribution in [3.8, 4) is 22.4 Å². The van der Waals surface area contributed by atoms with Crippen LogP contribution in [0.25, 0.3) is 22.4 Å². The Balaban J connectivity index is 1.47. The van der Waals surface area contributed by atoms with Gasteiger partial charge in [0.05, 0.1) is 6.61 Å². The van der Waals surface area contributed by atoms with Crippen molar-refractivity contribution in [3.63, 3.8) is 0 Å². The molecule has 1 saturated carbocycles. The van der Waals surface area contributed by atoms with Crippen molar-refractivity contribution in [2.45, 2.75) is 39.2 Å². The zero-order valence-corrected chi connectivity index (χ0v) is 18.0. The number of carboxylic acid groups (broad SMARTS) is 1. The minimum absolute atomic E-state index is 0.197. The number of carbonyl (C=O) groups is 1. The van der Waals surface area contributed by atoms with E-state index in [1.807, 2.05) is 6.07 Å². The van der Waals surface area contributed by atoms with Gasteiger partial charge < -0.3 is 9.84 Å². The molecule has 0 aliphatic heterocycles. The molecule has 3 aromatic rings. The van der Waals surface area contributed by atoms with Gasteiger partial charge in [0.25, 0.3) is 0 Å². The molecule has 0 radical (unpaired) electrons. The monoisotopic (exact) mass is 418 g/mol. The SMILES string of the molecule is Cc1cccc(-c2cn(C[C@H]3CC[C@@H](COCC(=O)O)CC3)nc2-c2ccccc2)c1. The Hall–Kier alpha value is -2.92. The zero-order valence-electron chi connectivity index (χ0n) is 18.0. The lowest BCUT2D eigenvalue weighted by Gasteiger charge is -2.28. The fraction of sp³-hybridized carbons (Fsp3) is 0.385. The predicted molar refractivity (Wildman–Crippen MR) is 122 cm³/mol. The van der Waals surface area contributed by atoms with Gasteiger partial charge in [0.15, 0.2) is 0 Å². The lowest BCUT2D eigenvalue weighted by molar-refractivity contribution is -0.142. The Morgan fingerprint density at radius 1 is 1.03 bits per heavy atom. The van der Waals surface area contributed by atoms with Crippen LogP contribution in [0.3, 0.4) is 0 Å². The van der Waals surface area contributed by atoms with E-state index in [0.29, 0.717) is 18.4 Å². The standard InChI is InChI=1S/C26H30N2O3/c1-19-6-5-9-23(14-19)24-16-28(27-26(24)22-7-3-2-4-8-22)15-20-10-12-21(13-11-20)17-31-18-25(29)30/h2-9,14,16,20-21H,10-13,15,17-18H2,1H3,(H,29,30)/t20-,21+. The molecule has 1 heterocycles. The van der Waals surface area contributed by atoms with E-state index in [2.05, 4.69) is 66.3 Å². The largest absolute Gasteiger partial charge is 0.480 e. The second-order valence-corrected chi connectivity index (χ2v) is 8.64. The number of benzene rings is 2. The second-order valence-electron chi connectivity index (χ2n) is 8.64. The van der Waals surface area contributed by atoms with Crippen LogP contribution in [0.15, 0.2) is 60.8 Å². The molecule has 0 bridgehead atoms. The molecule has 1 fully saturated rings. The highest BCUT2D eigenvalue weighted by atomic mass is 16.5. The highest BCUT2D eigenvalue weighted by molar-refractivity contribution is 5.80. The Labute approximate surface area is 183 Å². The number of rotatable bonds is 8. The van der Waals surface area contributed by atoms with Gasteiger partial charge in [-0.1, -0.05) is 60.2 Å². The number of aliphatic carboxylic acids is 1. The van der Waals surface area contributed by atoms with E-state index in [0.717, 1.165) is 43.5 Å². The lowest BCUT2D eigenvalue weighted by Crippen LogP contribution is -2.23. The molecule has 1 aliphatic carbocycles. The van der Waals surface area contributed by atoms with Crippen LogP contribution in [0.4, 0.5) is 0 Å². The highest BCUT2D eigenvalue weighted by Gasteiger charge is 2.23. The molecule has 5 nitrogen and oxygen atoms in total. The quantitative estimate of drug-likeness (QED) is 0.529. The van der Waals surface area contributed by atoms with Crippen molar-refractivity contribution in [2.75, 3.05) is 13.2 Å². The van der Waals surface area contributed by atoms with Crippen molar-refractivity contribution in [3.05, 3.63) is 66.4 Å². The third-order valence-corrected chi connectivity index (χ3v) is 6.13. The molecule has 2 aromatic carbocycles. The molecular formula is C26H30N2O3. The van der Waals surface area contributed by atoms with Gasteiger partial charge in [0.1, 0.15) is 12.3 Å². The van der Waals surface area contributed by atoms with Gasteiger partial charge in [-0.15, -0.1) is 0 Å². The summed E-state index contributed by atoms with van der Waals surface area (Å²) in [5.74, 6) is 0.159. The zero-order chi connectivity index (χ0) is 21.6. The summed E-state index contributed by atoms with van der Waals surface area (Å²) in [6.07, 6.45) is 6.62. The summed E-state index contributed by atoms with van der Waals surface area (Å²) in [6.45, 7) is 3.39. The second kappa shape index (κ2) is 9.92. The first-order valence-corrected chi connectivity index (χ1v) is 11.1. The van der Waals surface area contributed by atoms with Gasteiger partial charge in [0, 0.05) is 23.9 Å². The molecule has 0 amide bonds. The Morgan fingerprint density at radius 2 is 1.74 bits per heavy atom. The van der Waals surface area contributed by atoms with Gasteiger partial charge in [0.2, 0.25) is 0 Å². The first kappa shape index (κ1) is 21.3. The van der Waals surface area contributed by atoms with Crippen LogP contribution in [0.2, 0.25) is 0 Å². The van der Waals surface area contributed by atoms with Crippen LogP contribution >= 0.6 is 0 Å². The average Bonchev–Trinajstić information content (AvgIpc) is 3.19. The molecule has 0 spiro atoms. The summed E-state index contributed by atoms with van der Waals surface area (Å²) >= 11 is 0. The Bertz CT molecular complexity index is 1000. The molecule has 0 atom stereocenters. The van der Waals surface area contributed by atoms with Gasteiger partial charge in [-0.3, -0.25) is 4.68 Å². The number of carboxylic acids is 1. The molecule has 0 saturated heterocycles. The number of aryl methyl sites for hydroxylation is 1. The molecule has 1 aromatic heterocycles. The lowest BCUT2D eigenvalue weighted by atomic mass is 9.82. The number of ether oxygens (including phenoxy) is 1. The van der Waals surface area contributed by atoms with Crippen molar-refractivity contribution in [1.29, 1.82) is 0 Å². The van der Waals surface area contributed by atoms with Gasteiger partial charge in [-0.2, -0.15) is 5.10 Å². The minimum atomic E-state index is -0.897. The fourth-order valence-electron chi connectivity index (χ4n) is 4.51. The summed E-state index contributed by atoms with van der Waals surface area (Å²) in [7, 11) is 0. The number of hydrogen-bond donors (Lipinski definition) is 1. The van der Waals surface area contributed by atoms with E-state index >= 15 is 0 Å². The van der Waals surface area contributed by atoms with Gasteiger partial charge in [-0.25, -0.2) is 4.79 Å². The van der Waals surface area contributed by atoms with Crippen molar-refractivity contribution in [2.24, 2.45) is 11.8 Å². The van der Waals surface area contributed by atoms with Crippen LogP contribution in [0, 0.1) is 18.8 Å². The van der Waals surface area contributed by atoms with Crippen molar-refractivity contribution < 1.29 is 14.6 Å². The number of nitrogens with zero attached hydrogens (tertiary/aromatic N) is 2. The molecule has 31 heavy (non-hydrogen) atoms. The van der Waals surface area contributed by atoms with E-state index in [1.165, 1.54) is 16.7 Å².